The van der Waals surface area contributed by atoms with Crippen LogP contribution in [0.3, 0.4) is 0 Å². The first kappa shape index (κ1) is 22.7. The summed E-state index contributed by atoms with van der Waals surface area (Å²) in [5.41, 5.74) is 1.41. The summed E-state index contributed by atoms with van der Waals surface area (Å²) >= 11 is 6.23. The maximum atomic E-state index is 12.8. The molecule has 0 aliphatic carbocycles. The number of sulfonamides is 1. The number of rotatable bonds is 7. The molecule has 0 aromatic heterocycles. The highest BCUT2D eigenvalue weighted by molar-refractivity contribution is 7.89. The Morgan fingerprint density at radius 3 is 2.60 bits per heavy atom. The van der Waals surface area contributed by atoms with Crippen LogP contribution >= 0.6 is 11.6 Å². The zero-order chi connectivity index (χ0) is 21.9. The Hall–Kier alpha value is -1.93. The van der Waals surface area contributed by atoms with Crippen LogP contribution in [0, 0.1) is 0 Å². The van der Waals surface area contributed by atoms with Crippen molar-refractivity contribution in [3.8, 4) is 0 Å². The van der Waals surface area contributed by atoms with Gasteiger partial charge in [-0.05, 0) is 44.0 Å². The third-order valence-corrected chi connectivity index (χ3v) is 7.80. The van der Waals surface area contributed by atoms with Crippen LogP contribution in [0.1, 0.15) is 36.2 Å². The molecule has 0 spiro atoms. The fraction of sp³-hybridized carbons (Fsp3) is 0.409. The third kappa shape index (κ3) is 5.21. The topological polar surface area (TPSA) is 69.7 Å². The number of amides is 1. The smallest absolute Gasteiger partial charge is 0.253 e. The Bertz CT molecular complexity index is 996. The maximum Gasteiger partial charge on any atom is 0.253 e. The first-order chi connectivity index (χ1) is 14.2. The first-order valence-electron chi connectivity index (χ1n) is 10.0. The second kappa shape index (κ2) is 9.47. The van der Waals surface area contributed by atoms with E-state index >= 15 is 0 Å². The normalized spacial score (nSPS) is 17.6. The number of halogens is 1. The number of benzene rings is 2. The summed E-state index contributed by atoms with van der Waals surface area (Å²) in [7, 11) is -2.17. The van der Waals surface area contributed by atoms with E-state index in [1.807, 2.05) is 18.2 Å². The van der Waals surface area contributed by atoms with Crippen molar-refractivity contribution >= 4 is 27.5 Å². The quantitative estimate of drug-likeness (QED) is 0.703. The average molecular weight is 450 g/mol. The number of carbonyl (C=O) groups excluding carboxylic acids is 1. The van der Waals surface area contributed by atoms with Crippen molar-refractivity contribution in [2.24, 2.45) is 0 Å². The van der Waals surface area contributed by atoms with E-state index in [0.29, 0.717) is 0 Å². The van der Waals surface area contributed by atoms with Crippen molar-refractivity contribution in [2.45, 2.75) is 43.8 Å². The Balaban J connectivity index is 1.69. The van der Waals surface area contributed by atoms with E-state index in [9.17, 15) is 13.2 Å². The van der Waals surface area contributed by atoms with Gasteiger partial charge in [0.25, 0.3) is 5.91 Å². The van der Waals surface area contributed by atoms with Crippen LogP contribution in [0.4, 0.5) is 0 Å². The molecule has 0 bridgehead atoms. The van der Waals surface area contributed by atoms with Gasteiger partial charge in [-0.3, -0.25) is 9.69 Å². The van der Waals surface area contributed by atoms with Gasteiger partial charge in [0.15, 0.2) is 0 Å². The summed E-state index contributed by atoms with van der Waals surface area (Å²) in [5, 5.41) is 3.24. The van der Waals surface area contributed by atoms with Crippen molar-refractivity contribution in [1.82, 2.24) is 14.5 Å². The lowest BCUT2D eigenvalue weighted by atomic mass is 10.2. The average Bonchev–Trinajstić information content (AvgIpc) is 3.14. The molecule has 1 unspecified atom stereocenters. The summed E-state index contributed by atoms with van der Waals surface area (Å²) in [5.74, 6) is -0.351. The molecule has 1 fully saturated rings. The molecule has 0 saturated carbocycles. The van der Waals surface area contributed by atoms with Gasteiger partial charge in [0.05, 0.1) is 15.5 Å². The molecule has 2 aromatic rings. The Kier molecular flexibility index (Phi) is 7.18. The molecule has 1 amide bonds. The Morgan fingerprint density at radius 2 is 1.93 bits per heavy atom. The van der Waals surface area contributed by atoms with Crippen LogP contribution in [-0.4, -0.2) is 55.8 Å². The number of nitrogens with one attached hydrogen (secondary N) is 1. The van der Waals surface area contributed by atoms with Gasteiger partial charge in [0.2, 0.25) is 10.0 Å². The SMILES string of the molecule is CC(C)N(C)S(=O)(=O)c1ccc(Cl)c(C(=O)NC2CCN(Cc3ccccc3)C2)c1. The van der Waals surface area contributed by atoms with Crippen molar-refractivity contribution in [1.29, 1.82) is 0 Å². The van der Waals surface area contributed by atoms with Crippen LogP contribution in [0.15, 0.2) is 53.4 Å². The highest BCUT2D eigenvalue weighted by atomic mass is 35.5. The minimum absolute atomic E-state index is 0.00381. The van der Waals surface area contributed by atoms with Crippen LogP contribution in [0.25, 0.3) is 0 Å². The lowest BCUT2D eigenvalue weighted by Crippen LogP contribution is -2.37. The molecule has 8 heteroatoms. The van der Waals surface area contributed by atoms with Crippen LogP contribution in [0.2, 0.25) is 5.02 Å². The Labute approximate surface area is 183 Å². The van der Waals surface area contributed by atoms with Crippen molar-refractivity contribution in [3.05, 3.63) is 64.7 Å². The molecule has 6 nitrogen and oxygen atoms in total. The van der Waals surface area contributed by atoms with E-state index in [0.717, 1.165) is 26.1 Å². The monoisotopic (exact) mass is 449 g/mol. The summed E-state index contributed by atoms with van der Waals surface area (Å²) in [4.78, 5) is 15.2. The van der Waals surface area contributed by atoms with Crippen molar-refractivity contribution in [3.63, 3.8) is 0 Å². The van der Waals surface area contributed by atoms with Crippen molar-refractivity contribution in [2.75, 3.05) is 20.1 Å². The van der Waals surface area contributed by atoms with Gasteiger partial charge in [0, 0.05) is 38.8 Å². The highest BCUT2D eigenvalue weighted by Gasteiger charge is 2.27. The zero-order valence-corrected chi connectivity index (χ0v) is 19.1. The minimum atomic E-state index is -3.70. The first-order valence-corrected chi connectivity index (χ1v) is 11.8. The van der Waals surface area contributed by atoms with Crippen LogP contribution in [-0.2, 0) is 16.6 Å². The lowest BCUT2D eigenvalue weighted by Gasteiger charge is -2.21. The fourth-order valence-corrected chi connectivity index (χ4v) is 5.08. The predicted octanol–water partition coefficient (Wildman–Crippen LogP) is 3.37. The second-order valence-corrected chi connectivity index (χ2v) is 10.3. The third-order valence-electron chi connectivity index (χ3n) is 5.44. The molecule has 1 aliphatic rings. The molecular formula is C22H28ClN3O3S. The van der Waals surface area contributed by atoms with Crippen LogP contribution < -0.4 is 5.32 Å². The van der Waals surface area contributed by atoms with Crippen molar-refractivity contribution < 1.29 is 13.2 Å². The standard InChI is InChI=1S/C22H28ClN3O3S/c1-16(2)25(3)30(28,29)19-9-10-21(23)20(13-19)22(27)24-18-11-12-26(15-18)14-17-7-5-4-6-8-17/h4-10,13,16,18H,11-12,14-15H2,1-3H3,(H,24,27). The van der Waals surface area contributed by atoms with E-state index < -0.39 is 10.0 Å². The summed E-state index contributed by atoms with van der Waals surface area (Å²) in [6.07, 6.45) is 0.838. The fourth-order valence-electron chi connectivity index (χ4n) is 3.48. The van der Waals surface area contributed by atoms with Gasteiger partial charge in [0.1, 0.15) is 0 Å². The molecule has 162 valence electrons. The van der Waals surface area contributed by atoms with E-state index in [4.69, 9.17) is 11.6 Å². The molecule has 1 heterocycles. The predicted molar refractivity (Wildman–Crippen MR) is 119 cm³/mol. The number of hydrogen-bond donors (Lipinski definition) is 1. The molecule has 1 aliphatic heterocycles. The van der Waals surface area contributed by atoms with Gasteiger partial charge in [-0.1, -0.05) is 41.9 Å². The maximum absolute atomic E-state index is 12.8. The molecule has 1 atom stereocenters. The summed E-state index contributed by atoms with van der Waals surface area (Å²) < 4.78 is 26.8. The largest absolute Gasteiger partial charge is 0.348 e. The molecule has 1 N–H and O–H groups in total. The summed E-state index contributed by atoms with van der Waals surface area (Å²) in [6, 6.07) is 14.3. The zero-order valence-electron chi connectivity index (χ0n) is 17.5. The van der Waals surface area contributed by atoms with E-state index in [1.54, 1.807) is 13.8 Å². The number of likely N-dealkylation sites (tertiary alicyclic amines) is 1. The lowest BCUT2D eigenvalue weighted by molar-refractivity contribution is 0.0937. The van der Waals surface area contributed by atoms with Gasteiger partial charge in [-0.15, -0.1) is 0 Å². The Morgan fingerprint density at radius 1 is 1.23 bits per heavy atom. The highest BCUT2D eigenvalue weighted by Crippen LogP contribution is 2.24. The van der Waals surface area contributed by atoms with E-state index in [2.05, 4.69) is 22.3 Å². The summed E-state index contributed by atoms with van der Waals surface area (Å²) in [6.45, 7) is 6.06. The second-order valence-electron chi connectivity index (χ2n) is 7.94. The molecule has 3 rings (SSSR count). The van der Waals surface area contributed by atoms with Gasteiger partial charge in [-0.25, -0.2) is 8.42 Å². The molecule has 0 radical (unpaired) electrons. The number of nitrogens with zero attached hydrogens (tertiary/aromatic N) is 2. The van der Waals surface area contributed by atoms with Crippen LogP contribution in [0.5, 0.6) is 0 Å². The molecule has 30 heavy (non-hydrogen) atoms. The van der Waals surface area contributed by atoms with E-state index in [1.165, 1.54) is 35.1 Å². The van der Waals surface area contributed by atoms with Gasteiger partial charge < -0.3 is 5.32 Å². The molecule has 1 saturated heterocycles. The number of hydrogen-bond acceptors (Lipinski definition) is 4. The minimum Gasteiger partial charge on any atom is -0.348 e. The number of carbonyl (C=O) groups is 1. The molecular weight excluding hydrogens is 422 g/mol. The molecule has 2 aromatic carbocycles. The van der Waals surface area contributed by atoms with Gasteiger partial charge >= 0.3 is 0 Å². The van der Waals surface area contributed by atoms with Gasteiger partial charge in [-0.2, -0.15) is 4.31 Å². The van der Waals surface area contributed by atoms with E-state index in [-0.39, 0.29) is 33.5 Å².